The summed E-state index contributed by atoms with van der Waals surface area (Å²) in [5.74, 6) is 0.865. The van der Waals surface area contributed by atoms with Crippen LogP contribution in [-0.4, -0.2) is 6.71 Å². The third kappa shape index (κ3) is 6.49. The third-order valence-corrected chi connectivity index (χ3v) is 16.0. The van der Waals surface area contributed by atoms with Gasteiger partial charge in [-0.2, -0.15) is 0 Å². The van der Waals surface area contributed by atoms with Gasteiger partial charge in [0, 0.05) is 43.3 Å². The molecule has 9 rings (SSSR count). The largest absolute Gasteiger partial charge is 0.312 e. The molecular weight excluding hydrogens is 731 g/mol. The first-order valence-corrected chi connectivity index (χ1v) is 23.3. The predicted octanol–water partition coefficient (Wildman–Crippen LogP) is 15.0. The maximum absolute atomic E-state index is 2.70. The van der Waals surface area contributed by atoms with Gasteiger partial charge in [-0.25, -0.2) is 0 Å². The summed E-state index contributed by atoms with van der Waals surface area (Å²) < 4.78 is 2.88. The molecule has 4 aromatic carbocycles. The minimum absolute atomic E-state index is 0.0419. The second-order valence-corrected chi connectivity index (χ2v) is 24.3. The van der Waals surface area contributed by atoms with E-state index in [0.717, 1.165) is 6.42 Å². The molecule has 0 saturated heterocycles. The van der Waals surface area contributed by atoms with Gasteiger partial charge >= 0.3 is 0 Å². The molecule has 3 heterocycles. The van der Waals surface area contributed by atoms with Crippen LogP contribution in [0.4, 0.5) is 28.4 Å². The number of rotatable bonds is 3. The minimum atomic E-state index is 0.0419. The van der Waals surface area contributed by atoms with Crippen LogP contribution in [-0.2, 0) is 16.2 Å². The lowest BCUT2D eigenvalue weighted by Crippen LogP contribution is -2.56. The van der Waals surface area contributed by atoms with Crippen molar-refractivity contribution in [1.82, 2.24) is 0 Å². The first-order valence-electron chi connectivity index (χ1n) is 22.5. The average molecular weight is 799 g/mol. The Balaban J connectivity index is 1.41. The van der Waals surface area contributed by atoms with Gasteiger partial charge in [0.1, 0.15) is 0 Å². The molecule has 1 aromatic heterocycles. The maximum Gasteiger partial charge on any atom is 0.260 e. The van der Waals surface area contributed by atoms with E-state index < -0.39 is 0 Å². The van der Waals surface area contributed by atoms with Gasteiger partial charge in [-0.1, -0.05) is 145 Å². The number of allylic oxidation sites excluding steroid dienone is 3. The first-order chi connectivity index (χ1) is 27.5. The molecule has 2 aliphatic carbocycles. The van der Waals surface area contributed by atoms with Crippen LogP contribution in [0.25, 0.3) is 10.1 Å². The van der Waals surface area contributed by atoms with Crippen molar-refractivity contribution >= 4 is 66.8 Å². The van der Waals surface area contributed by atoms with Gasteiger partial charge in [0.15, 0.2) is 0 Å². The molecule has 0 radical (unpaired) electrons. The summed E-state index contributed by atoms with van der Waals surface area (Å²) in [6.45, 7) is 36.0. The number of benzene rings is 4. The van der Waals surface area contributed by atoms with E-state index in [1.165, 1.54) is 89.6 Å². The van der Waals surface area contributed by atoms with Gasteiger partial charge in [-0.05, 0) is 140 Å². The molecule has 4 aliphatic rings. The molecule has 59 heavy (non-hydrogen) atoms. The Morgan fingerprint density at radius 2 is 1.19 bits per heavy atom. The molecule has 4 heteroatoms. The van der Waals surface area contributed by atoms with E-state index in [9.17, 15) is 0 Å². The Morgan fingerprint density at radius 1 is 0.661 bits per heavy atom. The van der Waals surface area contributed by atoms with Crippen LogP contribution in [0, 0.1) is 16.7 Å². The van der Waals surface area contributed by atoms with Crippen LogP contribution in [0.2, 0.25) is 0 Å². The summed E-state index contributed by atoms with van der Waals surface area (Å²) in [6, 6.07) is 31.6. The van der Waals surface area contributed by atoms with Crippen molar-refractivity contribution in [1.29, 1.82) is 0 Å². The minimum Gasteiger partial charge on any atom is -0.312 e. The molecule has 0 bridgehead atoms. The second kappa shape index (κ2) is 13.2. The lowest BCUT2D eigenvalue weighted by molar-refractivity contribution is 0.122. The topological polar surface area (TPSA) is 6.48 Å². The highest BCUT2D eigenvalue weighted by molar-refractivity contribution is 7.32. The zero-order valence-corrected chi connectivity index (χ0v) is 39.6. The molecule has 5 aromatic rings. The molecule has 1 saturated carbocycles. The fraction of sp³-hybridized carbons (Fsp3) is 0.455. The van der Waals surface area contributed by atoms with Crippen molar-refractivity contribution in [2.24, 2.45) is 16.7 Å². The van der Waals surface area contributed by atoms with Crippen molar-refractivity contribution in [2.45, 2.75) is 145 Å². The Morgan fingerprint density at radius 3 is 1.73 bits per heavy atom. The summed E-state index contributed by atoms with van der Waals surface area (Å²) in [7, 11) is 0. The fourth-order valence-electron chi connectivity index (χ4n) is 10.7. The van der Waals surface area contributed by atoms with Crippen LogP contribution < -0.4 is 20.0 Å². The Bertz CT molecular complexity index is 2560. The van der Waals surface area contributed by atoms with E-state index in [0.29, 0.717) is 11.8 Å². The molecule has 2 nitrogen and oxygen atoms in total. The normalized spacial score (nSPS) is 19.8. The van der Waals surface area contributed by atoms with Crippen LogP contribution >= 0.6 is 11.3 Å². The molecule has 0 amide bonds. The van der Waals surface area contributed by atoms with E-state index in [2.05, 4.69) is 199 Å². The Kier molecular flexibility index (Phi) is 9.07. The zero-order chi connectivity index (χ0) is 42.4. The van der Waals surface area contributed by atoms with E-state index in [-0.39, 0.29) is 33.8 Å². The van der Waals surface area contributed by atoms with E-state index in [1.54, 1.807) is 11.0 Å². The van der Waals surface area contributed by atoms with Gasteiger partial charge in [0.25, 0.3) is 6.71 Å². The van der Waals surface area contributed by atoms with Gasteiger partial charge in [0.2, 0.25) is 0 Å². The molecule has 2 aliphatic heterocycles. The molecule has 0 spiro atoms. The highest BCUT2D eigenvalue weighted by Crippen LogP contribution is 2.59. The predicted molar refractivity (Wildman–Crippen MR) is 260 cm³/mol. The van der Waals surface area contributed by atoms with Crippen molar-refractivity contribution in [3.63, 3.8) is 0 Å². The van der Waals surface area contributed by atoms with Crippen molar-refractivity contribution < 1.29 is 0 Å². The summed E-state index contributed by atoms with van der Waals surface area (Å²) in [4.78, 5) is 5.37. The Labute approximate surface area is 360 Å². The highest BCUT2D eigenvalue weighted by atomic mass is 32.1. The van der Waals surface area contributed by atoms with Crippen molar-refractivity contribution in [3.05, 3.63) is 124 Å². The number of hydrogen-bond donors (Lipinski definition) is 0. The quantitative estimate of drug-likeness (QED) is 0.168. The number of anilines is 5. The zero-order valence-electron chi connectivity index (χ0n) is 38.7. The Hall–Kier alpha value is -4.02. The summed E-state index contributed by atoms with van der Waals surface area (Å²) in [5, 5.41) is 1.38. The third-order valence-electron chi connectivity index (χ3n) is 14.7. The van der Waals surface area contributed by atoms with E-state index in [4.69, 9.17) is 0 Å². The second-order valence-electron chi connectivity index (χ2n) is 23.2. The van der Waals surface area contributed by atoms with Crippen LogP contribution in [0.3, 0.4) is 0 Å². The van der Waals surface area contributed by atoms with Crippen LogP contribution in [0.5, 0.6) is 0 Å². The van der Waals surface area contributed by atoms with Crippen LogP contribution in [0.15, 0.2) is 102 Å². The van der Waals surface area contributed by atoms with E-state index >= 15 is 0 Å². The smallest absolute Gasteiger partial charge is 0.260 e. The standard InChI is InChI=1S/C55H67BN2S/c1-33(2)34-28-45-48-46(29-34)58(39-23-18-36(19-24-39)52(6,7)8)49-40-30-37(53(9,10)11)20-25-47(40)59-50(49)56(48)43-31-41-42(55(14,15)27-26-54(41,12)13)32-44(43)57(45)38-21-16-35(17-22-38)51(3,4)5/h16-25,28-30,32-33,41H,26-27,31H2,1-15H3. The number of fused-ring (bicyclic) bond motifs is 6. The van der Waals surface area contributed by atoms with Gasteiger partial charge in [0.05, 0.1) is 5.69 Å². The molecule has 1 atom stereocenters. The molecule has 1 unspecified atom stereocenters. The summed E-state index contributed by atoms with van der Waals surface area (Å²) in [6.07, 6.45) is 6.28. The van der Waals surface area contributed by atoms with Gasteiger partial charge in [-0.15, -0.1) is 11.3 Å². The lowest BCUT2D eigenvalue weighted by Gasteiger charge is -2.53. The molecular formula is C55H67BN2S. The van der Waals surface area contributed by atoms with Crippen molar-refractivity contribution in [3.8, 4) is 0 Å². The maximum atomic E-state index is 2.70. The summed E-state index contributed by atoms with van der Waals surface area (Å²) >= 11 is 2.05. The molecule has 306 valence electrons. The van der Waals surface area contributed by atoms with Crippen molar-refractivity contribution in [2.75, 3.05) is 9.80 Å². The number of thiophene rings is 1. The SMILES string of the molecule is CC(C)c1cc2c3c(c1)N(c1ccc(C(C)(C)C)cc1)c1c(sc4ccc(C(C)(C)C)cc14)B3C1=C(C=C3C(C1)C(C)(C)CCC3(C)C)N2c1ccc(C(C)(C)C)cc1. The number of hydrogen-bond acceptors (Lipinski definition) is 3. The van der Waals surface area contributed by atoms with E-state index in [1.807, 2.05) is 11.3 Å². The average Bonchev–Trinajstić information content (AvgIpc) is 3.53. The molecule has 0 N–H and O–H groups in total. The number of nitrogens with zero attached hydrogens (tertiary/aromatic N) is 2. The first kappa shape index (κ1) is 40.4. The van der Waals surface area contributed by atoms with Crippen LogP contribution in [0.1, 0.15) is 151 Å². The monoisotopic (exact) mass is 799 g/mol. The lowest BCUT2D eigenvalue weighted by atomic mass is 9.33. The van der Waals surface area contributed by atoms with Gasteiger partial charge in [-0.3, -0.25) is 0 Å². The summed E-state index contributed by atoms with van der Waals surface area (Å²) in [5.41, 5.74) is 18.8. The van der Waals surface area contributed by atoms with Gasteiger partial charge < -0.3 is 9.80 Å². The molecule has 1 fully saturated rings. The fourth-order valence-corrected chi connectivity index (χ4v) is 12.0. The highest BCUT2D eigenvalue weighted by Gasteiger charge is 2.52.